The van der Waals surface area contributed by atoms with E-state index in [1.807, 2.05) is 0 Å². The molecule has 6 nitrogen and oxygen atoms in total. The highest BCUT2D eigenvalue weighted by atomic mass is 16.6. The maximum absolute atomic E-state index is 9.20. The molecule has 0 aliphatic carbocycles. The highest BCUT2D eigenvalue weighted by Crippen LogP contribution is 2.18. The standard InChI is InChI=1S/C6H13NO5/c7-1-2-3(8)4(9)5(10)6(11)12-2/h2-6,8-11H,1,7H2/t2-,3+,4+,5-,6-/m0/s1. The fourth-order valence-corrected chi connectivity index (χ4v) is 1.13. The second-order valence-electron chi connectivity index (χ2n) is 2.77. The van der Waals surface area contributed by atoms with Gasteiger partial charge in [0.05, 0.1) is 0 Å². The SMILES string of the molecule is NC[C@@H]1O[C@H](O)[C@@H](O)[C@H](O)[C@@H]1O. The molecular weight excluding hydrogens is 166 g/mol. The summed E-state index contributed by atoms with van der Waals surface area (Å²) < 4.78 is 4.70. The number of aliphatic hydroxyl groups is 4. The van der Waals surface area contributed by atoms with E-state index < -0.39 is 30.7 Å². The van der Waals surface area contributed by atoms with Crippen LogP contribution in [0.25, 0.3) is 0 Å². The van der Waals surface area contributed by atoms with E-state index in [0.717, 1.165) is 0 Å². The van der Waals surface area contributed by atoms with Crippen LogP contribution in [-0.4, -0.2) is 57.7 Å². The largest absolute Gasteiger partial charge is 0.388 e. The quantitative estimate of drug-likeness (QED) is 0.288. The normalized spacial score (nSPS) is 49.2. The lowest BCUT2D eigenvalue weighted by Gasteiger charge is -2.37. The van der Waals surface area contributed by atoms with Crippen LogP contribution in [0, 0.1) is 0 Å². The maximum Gasteiger partial charge on any atom is 0.184 e. The Balaban J connectivity index is 2.63. The fourth-order valence-electron chi connectivity index (χ4n) is 1.13. The Labute approximate surface area is 69.2 Å². The summed E-state index contributed by atoms with van der Waals surface area (Å²) in [4.78, 5) is 0. The Bertz CT molecular complexity index is 150. The molecule has 0 radical (unpaired) electrons. The van der Waals surface area contributed by atoms with Gasteiger partial charge in [0.1, 0.15) is 24.4 Å². The Morgan fingerprint density at radius 2 is 1.58 bits per heavy atom. The second kappa shape index (κ2) is 3.65. The van der Waals surface area contributed by atoms with Gasteiger partial charge in [0.2, 0.25) is 0 Å². The summed E-state index contributed by atoms with van der Waals surface area (Å²) in [6, 6.07) is 0. The fraction of sp³-hybridized carbons (Fsp3) is 1.00. The molecule has 0 spiro atoms. The van der Waals surface area contributed by atoms with Gasteiger partial charge < -0.3 is 30.9 Å². The first-order valence-electron chi connectivity index (χ1n) is 3.65. The van der Waals surface area contributed by atoms with Gasteiger partial charge in [-0.25, -0.2) is 0 Å². The summed E-state index contributed by atoms with van der Waals surface area (Å²) in [6.45, 7) is -0.0258. The van der Waals surface area contributed by atoms with E-state index in [-0.39, 0.29) is 6.54 Å². The second-order valence-corrected chi connectivity index (χ2v) is 2.77. The van der Waals surface area contributed by atoms with Gasteiger partial charge in [0, 0.05) is 6.54 Å². The molecule has 1 saturated heterocycles. The van der Waals surface area contributed by atoms with Crippen molar-refractivity contribution in [3.63, 3.8) is 0 Å². The predicted molar refractivity (Wildman–Crippen MR) is 38.0 cm³/mol. The Hall–Kier alpha value is -0.240. The van der Waals surface area contributed by atoms with Crippen molar-refractivity contribution in [2.75, 3.05) is 6.54 Å². The van der Waals surface area contributed by atoms with Gasteiger partial charge in [-0.2, -0.15) is 0 Å². The summed E-state index contributed by atoms with van der Waals surface area (Å²) >= 11 is 0. The number of hydrogen-bond donors (Lipinski definition) is 5. The van der Waals surface area contributed by atoms with Crippen LogP contribution < -0.4 is 5.73 Å². The van der Waals surface area contributed by atoms with Crippen molar-refractivity contribution in [1.82, 2.24) is 0 Å². The summed E-state index contributed by atoms with van der Waals surface area (Å²) in [7, 11) is 0. The molecule has 0 aromatic carbocycles. The summed E-state index contributed by atoms with van der Waals surface area (Å²) in [5.41, 5.74) is 5.17. The third kappa shape index (κ3) is 1.58. The molecule has 0 unspecified atom stereocenters. The van der Waals surface area contributed by atoms with Crippen LogP contribution >= 0.6 is 0 Å². The Morgan fingerprint density at radius 1 is 1.00 bits per heavy atom. The monoisotopic (exact) mass is 179 g/mol. The number of aliphatic hydroxyl groups excluding tert-OH is 4. The van der Waals surface area contributed by atoms with E-state index in [4.69, 9.17) is 25.8 Å². The molecule has 0 saturated carbocycles. The van der Waals surface area contributed by atoms with Crippen molar-refractivity contribution in [1.29, 1.82) is 0 Å². The van der Waals surface area contributed by atoms with Crippen molar-refractivity contribution in [3.8, 4) is 0 Å². The van der Waals surface area contributed by atoms with Crippen LogP contribution in [0.15, 0.2) is 0 Å². The number of hydrogen-bond acceptors (Lipinski definition) is 6. The molecule has 0 amide bonds. The average Bonchev–Trinajstić information content (AvgIpc) is 2.08. The Kier molecular flexibility index (Phi) is 2.99. The van der Waals surface area contributed by atoms with Crippen molar-refractivity contribution in [3.05, 3.63) is 0 Å². The van der Waals surface area contributed by atoms with E-state index in [9.17, 15) is 5.11 Å². The van der Waals surface area contributed by atoms with E-state index in [1.165, 1.54) is 0 Å². The predicted octanol–water partition coefficient (Wildman–Crippen LogP) is -3.25. The molecule has 0 aromatic heterocycles. The molecule has 1 rings (SSSR count). The summed E-state index contributed by atoms with van der Waals surface area (Å²) in [5.74, 6) is 0. The van der Waals surface area contributed by atoms with Crippen LogP contribution in [-0.2, 0) is 4.74 Å². The molecule has 1 fully saturated rings. The lowest BCUT2D eigenvalue weighted by atomic mass is 9.99. The van der Waals surface area contributed by atoms with E-state index in [2.05, 4.69) is 0 Å². The summed E-state index contributed by atoms with van der Waals surface area (Å²) in [6.07, 6.45) is -6.48. The molecule has 0 bridgehead atoms. The molecule has 0 aromatic rings. The summed E-state index contributed by atoms with van der Waals surface area (Å²) in [5, 5.41) is 36.3. The zero-order valence-corrected chi connectivity index (χ0v) is 6.37. The van der Waals surface area contributed by atoms with Crippen LogP contribution in [0.4, 0.5) is 0 Å². The van der Waals surface area contributed by atoms with Crippen molar-refractivity contribution < 1.29 is 25.2 Å². The first kappa shape index (κ1) is 9.85. The molecule has 72 valence electrons. The van der Waals surface area contributed by atoms with Crippen LogP contribution in [0.1, 0.15) is 0 Å². The van der Waals surface area contributed by atoms with Crippen LogP contribution in [0.5, 0.6) is 0 Å². The lowest BCUT2D eigenvalue weighted by molar-refractivity contribution is -0.279. The molecule has 1 aliphatic rings. The zero-order valence-electron chi connectivity index (χ0n) is 6.37. The molecule has 5 atom stereocenters. The van der Waals surface area contributed by atoms with Crippen LogP contribution in [0.3, 0.4) is 0 Å². The molecule has 12 heavy (non-hydrogen) atoms. The van der Waals surface area contributed by atoms with Gasteiger partial charge in [-0.3, -0.25) is 0 Å². The third-order valence-electron chi connectivity index (χ3n) is 1.92. The minimum Gasteiger partial charge on any atom is -0.388 e. The van der Waals surface area contributed by atoms with Gasteiger partial charge >= 0.3 is 0 Å². The maximum atomic E-state index is 9.20. The lowest BCUT2D eigenvalue weighted by Crippen LogP contribution is -2.59. The van der Waals surface area contributed by atoms with Crippen LogP contribution in [0.2, 0.25) is 0 Å². The molecule has 6 N–H and O–H groups in total. The third-order valence-corrected chi connectivity index (χ3v) is 1.92. The van der Waals surface area contributed by atoms with Gasteiger partial charge in [-0.05, 0) is 0 Å². The average molecular weight is 179 g/mol. The van der Waals surface area contributed by atoms with Crippen molar-refractivity contribution >= 4 is 0 Å². The van der Waals surface area contributed by atoms with E-state index in [1.54, 1.807) is 0 Å². The van der Waals surface area contributed by atoms with E-state index in [0.29, 0.717) is 0 Å². The molecule has 6 heteroatoms. The first-order chi connectivity index (χ1) is 5.57. The van der Waals surface area contributed by atoms with Gasteiger partial charge in [-0.15, -0.1) is 0 Å². The van der Waals surface area contributed by atoms with Gasteiger partial charge in [0.15, 0.2) is 6.29 Å². The van der Waals surface area contributed by atoms with Gasteiger partial charge in [0.25, 0.3) is 0 Å². The molecule has 1 aliphatic heterocycles. The number of ether oxygens (including phenoxy) is 1. The molecule has 1 heterocycles. The number of nitrogens with two attached hydrogens (primary N) is 1. The first-order valence-corrected chi connectivity index (χ1v) is 3.65. The Morgan fingerprint density at radius 3 is 2.08 bits per heavy atom. The van der Waals surface area contributed by atoms with Crippen molar-refractivity contribution in [2.24, 2.45) is 5.73 Å². The van der Waals surface area contributed by atoms with Gasteiger partial charge in [-0.1, -0.05) is 0 Å². The zero-order chi connectivity index (χ0) is 9.30. The number of rotatable bonds is 1. The van der Waals surface area contributed by atoms with E-state index >= 15 is 0 Å². The smallest absolute Gasteiger partial charge is 0.184 e. The van der Waals surface area contributed by atoms with Crippen molar-refractivity contribution in [2.45, 2.75) is 30.7 Å². The molecular formula is C6H13NO5. The minimum atomic E-state index is -1.49. The minimum absolute atomic E-state index is 0.0258. The topological polar surface area (TPSA) is 116 Å². The highest BCUT2D eigenvalue weighted by Gasteiger charge is 2.42. The highest BCUT2D eigenvalue weighted by molar-refractivity contribution is 4.88.